The molecule has 0 spiro atoms. The third-order valence-electron chi connectivity index (χ3n) is 3.04. The highest BCUT2D eigenvalue weighted by atomic mass is 79.9. The maximum atomic E-state index is 11.7. The Hall–Kier alpha value is -0.650. The average molecular weight is 330 g/mol. The van der Waals surface area contributed by atoms with E-state index < -0.39 is 0 Å². The average Bonchev–Trinajstić information content (AvgIpc) is 2.76. The van der Waals surface area contributed by atoms with Crippen molar-refractivity contribution < 1.29 is 9.90 Å². The molecule has 0 unspecified atom stereocenters. The van der Waals surface area contributed by atoms with E-state index in [4.69, 9.17) is 0 Å². The van der Waals surface area contributed by atoms with E-state index in [9.17, 15) is 9.90 Å². The van der Waals surface area contributed by atoms with Gasteiger partial charge in [0.15, 0.2) is 0 Å². The van der Waals surface area contributed by atoms with Crippen LogP contribution in [-0.4, -0.2) is 23.2 Å². The Balaban J connectivity index is 1.80. The van der Waals surface area contributed by atoms with E-state index in [-0.39, 0.29) is 18.1 Å². The van der Waals surface area contributed by atoms with Crippen molar-refractivity contribution in [3.05, 3.63) is 26.9 Å². The molecule has 0 saturated heterocycles. The molecule has 0 radical (unpaired) electrons. The molecule has 1 heterocycles. The zero-order valence-corrected chi connectivity index (χ0v) is 12.3. The fourth-order valence-corrected chi connectivity index (χ4v) is 3.37. The molecule has 2 N–H and O–H groups in total. The lowest BCUT2D eigenvalue weighted by Crippen LogP contribution is -2.37. The lowest BCUT2D eigenvalue weighted by Gasteiger charge is -2.25. The smallest absolute Gasteiger partial charge is 0.244 e. The van der Waals surface area contributed by atoms with Crippen LogP contribution in [0.1, 0.15) is 30.6 Å². The monoisotopic (exact) mass is 329 g/mol. The molecule has 1 aromatic rings. The Labute approximate surface area is 119 Å². The van der Waals surface area contributed by atoms with Crippen LogP contribution in [0.4, 0.5) is 0 Å². The normalized spacial score (nSPS) is 24.3. The number of hydrogen-bond donors (Lipinski definition) is 2. The van der Waals surface area contributed by atoms with Crippen molar-refractivity contribution in [2.75, 3.05) is 0 Å². The van der Waals surface area contributed by atoms with Gasteiger partial charge in [-0.3, -0.25) is 4.79 Å². The fourth-order valence-electron chi connectivity index (χ4n) is 2.05. The number of halogens is 1. The van der Waals surface area contributed by atoms with Crippen molar-refractivity contribution in [3.63, 3.8) is 0 Å². The number of rotatable bonds is 3. The third-order valence-corrected chi connectivity index (χ3v) is 4.62. The fraction of sp³-hybridized carbons (Fsp3) is 0.462. The summed E-state index contributed by atoms with van der Waals surface area (Å²) in [7, 11) is 0. The number of aliphatic hydroxyl groups is 1. The maximum Gasteiger partial charge on any atom is 0.244 e. The summed E-state index contributed by atoms with van der Waals surface area (Å²) in [6, 6.07) is 4.14. The number of carbonyl (C=O) groups excluding carboxylic acids is 1. The van der Waals surface area contributed by atoms with Gasteiger partial charge < -0.3 is 10.4 Å². The van der Waals surface area contributed by atoms with E-state index in [0.29, 0.717) is 0 Å². The molecule has 1 aromatic heterocycles. The summed E-state index contributed by atoms with van der Waals surface area (Å²) in [5.74, 6) is -0.0547. The highest BCUT2D eigenvalue weighted by Gasteiger charge is 2.19. The van der Waals surface area contributed by atoms with Crippen molar-refractivity contribution in [1.29, 1.82) is 0 Å². The Kier molecular flexibility index (Phi) is 4.97. The summed E-state index contributed by atoms with van der Waals surface area (Å²) in [6.07, 6.45) is 6.51. The van der Waals surface area contributed by atoms with Crippen LogP contribution in [0.15, 0.2) is 22.0 Å². The van der Waals surface area contributed by atoms with Crippen LogP contribution >= 0.6 is 27.3 Å². The van der Waals surface area contributed by atoms with E-state index in [1.54, 1.807) is 17.4 Å². The van der Waals surface area contributed by atoms with E-state index in [1.165, 1.54) is 0 Å². The lowest BCUT2D eigenvalue weighted by molar-refractivity contribution is -0.117. The second-order valence-electron chi connectivity index (χ2n) is 4.49. The lowest BCUT2D eigenvalue weighted by atomic mass is 9.93. The first-order chi connectivity index (χ1) is 8.63. The Morgan fingerprint density at radius 1 is 1.39 bits per heavy atom. The minimum Gasteiger partial charge on any atom is -0.393 e. The van der Waals surface area contributed by atoms with Crippen molar-refractivity contribution >= 4 is 39.2 Å². The number of carbonyl (C=O) groups is 1. The molecule has 1 amide bonds. The number of nitrogens with one attached hydrogen (secondary N) is 1. The molecule has 0 aromatic carbocycles. The molecule has 18 heavy (non-hydrogen) atoms. The molecule has 1 aliphatic carbocycles. The molecule has 0 aliphatic heterocycles. The van der Waals surface area contributed by atoms with Gasteiger partial charge in [0.25, 0.3) is 0 Å². The molecule has 98 valence electrons. The molecule has 3 nitrogen and oxygen atoms in total. The van der Waals surface area contributed by atoms with Gasteiger partial charge in [-0.25, -0.2) is 0 Å². The van der Waals surface area contributed by atoms with Gasteiger partial charge in [0.2, 0.25) is 5.91 Å². The standard InChI is InChI=1S/C13H16BrNO2S/c14-12-7-5-11(18-12)6-8-13(17)15-9-1-3-10(16)4-2-9/h5-10,16H,1-4H2,(H,15,17)/b8-6+. The van der Waals surface area contributed by atoms with Gasteiger partial charge in [-0.2, -0.15) is 0 Å². The minimum absolute atomic E-state index is 0.0547. The van der Waals surface area contributed by atoms with Crippen LogP contribution in [0.2, 0.25) is 0 Å². The van der Waals surface area contributed by atoms with Gasteiger partial charge in [0, 0.05) is 17.0 Å². The molecular formula is C13H16BrNO2S. The molecule has 1 aliphatic rings. The highest BCUT2D eigenvalue weighted by molar-refractivity contribution is 9.11. The number of thiophene rings is 1. The van der Waals surface area contributed by atoms with E-state index in [0.717, 1.165) is 34.3 Å². The van der Waals surface area contributed by atoms with Crippen molar-refractivity contribution in [3.8, 4) is 0 Å². The summed E-state index contributed by atoms with van der Waals surface area (Å²) >= 11 is 4.98. The molecule has 5 heteroatoms. The minimum atomic E-state index is -0.183. The van der Waals surface area contributed by atoms with Crippen molar-refractivity contribution in [1.82, 2.24) is 5.32 Å². The van der Waals surface area contributed by atoms with E-state index >= 15 is 0 Å². The first kappa shape index (κ1) is 13.8. The predicted molar refractivity (Wildman–Crippen MR) is 77.5 cm³/mol. The van der Waals surface area contributed by atoms with Crippen LogP contribution in [0.5, 0.6) is 0 Å². The van der Waals surface area contributed by atoms with Gasteiger partial charge in [-0.15, -0.1) is 11.3 Å². The quantitative estimate of drug-likeness (QED) is 0.837. The molecule has 0 bridgehead atoms. The van der Waals surface area contributed by atoms with Crippen molar-refractivity contribution in [2.24, 2.45) is 0 Å². The molecular weight excluding hydrogens is 314 g/mol. The van der Waals surface area contributed by atoms with Gasteiger partial charge in [-0.05, 0) is 59.8 Å². The summed E-state index contributed by atoms with van der Waals surface area (Å²) in [5.41, 5.74) is 0. The Bertz CT molecular complexity index is 436. The number of aliphatic hydroxyl groups excluding tert-OH is 1. The summed E-state index contributed by atoms with van der Waals surface area (Å²) in [4.78, 5) is 12.8. The van der Waals surface area contributed by atoms with Gasteiger partial charge in [-0.1, -0.05) is 0 Å². The highest BCUT2D eigenvalue weighted by Crippen LogP contribution is 2.23. The topological polar surface area (TPSA) is 49.3 Å². The summed E-state index contributed by atoms with van der Waals surface area (Å²) in [5, 5.41) is 12.4. The summed E-state index contributed by atoms with van der Waals surface area (Å²) in [6.45, 7) is 0. The SMILES string of the molecule is O=C(/C=C/c1ccc(Br)s1)NC1CCC(O)CC1. The maximum absolute atomic E-state index is 11.7. The predicted octanol–water partition coefficient (Wildman–Crippen LogP) is 2.94. The Morgan fingerprint density at radius 2 is 2.11 bits per heavy atom. The van der Waals surface area contributed by atoms with Gasteiger partial charge >= 0.3 is 0 Å². The van der Waals surface area contributed by atoms with Crippen LogP contribution in [0, 0.1) is 0 Å². The van der Waals surface area contributed by atoms with Crippen LogP contribution in [-0.2, 0) is 4.79 Å². The Morgan fingerprint density at radius 3 is 2.72 bits per heavy atom. The molecule has 1 fully saturated rings. The van der Waals surface area contributed by atoms with Crippen LogP contribution < -0.4 is 5.32 Å². The van der Waals surface area contributed by atoms with E-state index in [1.807, 2.05) is 18.2 Å². The van der Waals surface area contributed by atoms with E-state index in [2.05, 4.69) is 21.2 Å². The first-order valence-electron chi connectivity index (χ1n) is 6.05. The van der Waals surface area contributed by atoms with Crippen LogP contribution in [0.3, 0.4) is 0 Å². The van der Waals surface area contributed by atoms with Gasteiger partial charge in [0.05, 0.1) is 9.89 Å². The zero-order valence-electron chi connectivity index (χ0n) is 9.93. The second-order valence-corrected chi connectivity index (χ2v) is 6.98. The third kappa shape index (κ3) is 4.23. The largest absolute Gasteiger partial charge is 0.393 e. The molecule has 1 saturated carbocycles. The molecule has 0 atom stereocenters. The van der Waals surface area contributed by atoms with Gasteiger partial charge in [0.1, 0.15) is 0 Å². The second kappa shape index (κ2) is 6.50. The van der Waals surface area contributed by atoms with Crippen molar-refractivity contribution in [2.45, 2.75) is 37.8 Å². The summed E-state index contributed by atoms with van der Waals surface area (Å²) < 4.78 is 1.06. The number of hydrogen-bond acceptors (Lipinski definition) is 3. The first-order valence-corrected chi connectivity index (χ1v) is 7.66. The number of amides is 1. The zero-order chi connectivity index (χ0) is 13.0. The van der Waals surface area contributed by atoms with Crippen LogP contribution in [0.25, 0.3) is 6.08 Å². The molecule has 2 rings (SSSR count).